The van der Waals surface area contributed by atoms with Crippen molar-refractivity contribution in [2.24, 2.45) is 5.73 Å². The minimum absolute atomic E-state index is 0.0928. The Kier molecular flexibility index (Phi) is 5.23. The standard InChI is InChI=1S/C12H13N3O4S/c13-6-3-7-20(18,19)8-11(16)15-10-5-2-1-4-9(10)12(14)17/h1-2,4-5H,3,7-8H2,(H2,14,17)(H,15,16). The van der Waals surface area contributed by atoms with E-state index in [1.165, 1.54) is 12.1 Å². The van der Waals surface area contributed by atoms with Crippen molar-refractivity contribution in [1.82, 2.24) is 0 Å². The maximum absolute atomic E-state index is 11.6. The maximum Gasteiger partial charge on any atom is 0.250 e. The number of hydrogen-bond donors (Lipinski definition) is 2. The summed E-state index contributed by atoms with van der Waals surface area (Å²) in [6, 6.07) is 7.71. The van der Waals surface area contributed by atoms with E-state index in [0.717, 1.165) is 0 Å². The maximum atomic E-state index is 11.6. The Balaban J connectivity index is 2.78. The van der Waals surface area contributed by atoms with Crippen molar-refractivity contribution < 1.29 is 18.0 Å². The average Bonchev–Trinajstić information content (AvgIpc) is 2.36. The van der Waals surface area contributed by atoms with Crippen LogP contribution in [0.5, 0.6) is 0 Å². The Morgan fingerprint density at radius 2 is 1.95 bits per heavy atom. The van der Waals surface area contributed by atoms with Crippen LogP contribution in [0.1, 0.15) is 16.8 Å². The van der Waals surface area contributed by atoms with Gasteiger partial charge in [-0.3, -0.25) is 9.59 Å². The third-order valence-electron chi connectivity index (χ3n) is 2.34. The Labute approximate surface area is 116 Å². The number of nitrogens with one attached hydrogen (secondary N) is 1. The monoisotopic (exact) mass is 295 g/mol. The molecule has 0 spiro atoms. The number of nitrogens with zero attached hydrogens (tertiary/aromatic N) is 1. The summed E-state index contributed by atoms with van der Waals surface area (Å²) in [5.74, 6) is -2.64. The van der Waals surface area contributed by atoms with Crippen LogP contribution in [0.25, 0.3) is 0 Å². The average molecular weight is 295 g/mol. The highest BCUT2D eigenvalue weighted by atomic mass is 32.2. The highest BCUT2D eigenvalue weighted by Crippen LogP contribution is 2.14. The van der Waals surface area contributed by atoms with Crippen molar-refractivity contribution in [1.29, 1.82) is 5.26 Å². The third-order valence-corrected chi connectivity index (χ3v) is 3.87. The highest BCUT2D eigenvalue weighted by molar-refractivity contribution is 7.92. The molecule has 3 N–H and O–H groups in total. The SMILES string of the molecule is N#CCCS(=O)(=O)CC(=O)Nc1ccccc1C(N)=O. The Morgan fingerprint density at radius 3 is 2.55 bits per heavy atom. The van der Waals surface area contributed by atoms with Crippen LogP contribution in [0.4, 0.5) is 5.69 Å². The van der Waals surface area contributed by atoms with Gasteiger partial charge in [-0.2, -0.15) is 5.26 Å². The lowest BCUT2D eigenvalue weighted by Gasteiger charge is -2.08. The second-order valence-corrected chi connectivity index (χ2v) is 6.14. The molecule has 1 aromatic carbocycles. The van der Waals surface area contributed by atoms with Gasteiger partial charge in [-0.05, 0) is 12.1 Å². The number of sulfone groups is 1. The summed E-state index contributed by atoms with van der Waals surface area (Å²) in [5.41, 5.74) is 5.38. The summed E-state index contributed by atoms with van der Waals surface area (Å²) >= 11 is 0. The zero-order valence-electron chi connectivity index (χ0n) is 10.5. The molecule has 0 saturated carbocycles. The van der Waals surface area contributed by atoms with E-state index in [9.17, 15) is 18.0 Å². The van der Waals surface area contributed by atoms with Crippen molar-refractivity contribution in [2.45, 2.75) is 6.42 Å². The fourth-order valence-electron chi connectivity index (χ4n) is 1.47. The van der Waals surface area contributed by atoms with Crippen molar-refractivity contribution in [3.63, 3.8) is 0 Å². The summed E-state index contributed by atoms with van der Waals surface area (Å²) in [5, 5.41) is 10.7. The second-order valence-electron chi connectivity index (χ2n) is 3.96. The van der Waals surface area contributed by atoms with Gasteiger partial charge in [-0.15, -0.1) is 0 Å². The number of carbonyl (C=O) groups excluding carboxylic acids is 2. The number of primary amides is 1. The topological polar surface area (TPSA) is 130 Å². The first kappa shape index (κ1) is 15.7. The summed E-state index contributed by atoms with van der Waals surface area (Å²) in [6.45, 7) is 0. The molecule has 0 aliphatic carbocycles. The van der Waals surface area contributed by atoms with Crippen LogP contribution in [0.15, 0.2) is 24.3 Å². The van der Waals surface area contributed by atoms with Crippen molar-refractivity contribution in [2.75, 3.05) is 16.8 Å². The molecule has 1 aromatic rings. The molecule has 0 aromatic heterocycles. The number of nitriles is 1. The van der Waals surface area contributed by atoms with Crippen LogP contribution in [-0.2, 0) is 14.6 Å². The molecule has 106 valence electrons. The summed E-state index contributed by atoms with van der Waals surface area (Å²) in [4.78, 5) is 22.8. The van der Waals surface area contributed by atoms with Crippen LogP contribution < -0.4 is 11.1 Å². The highest BCUT2D eigenvalue weighted by Gasteiger charge is 2.18. The first-order valence-electron chi connectivity index (χ1n) is 5.62. The van der Waals surface area contributed by atoms with Crippen LogP contribution in [-0.4, -0.2) is 31.7 Å². The predicted molar refractivity (Wildman–Crippen MR) is 72.5 cm³/mol. The van der Waals surface area contributed by atoms with E-state index in [4.69, 9.17) is 11.0 Å². The molecule has 8 heteroatoms. The van der Waals surface area contributed by atoms with Gasteiger partial charge >= 0.3 is 0 Å². The first-order valence-corrected chi connectivity index (χ1v) is 7.44. The van der Waals surface area contributed by atoms with Crippen LogP contribution in [0.3, 0.4) is 0 Å². The Hall–Kier alpha value is -2.40. The molecule has 0 saturated heterocycles. The van der Waals surface area contributed by atoms with Gasteiger partial charge in [-0.1, -0.05) is 12.1 Å². The Bertz CT molecular complexity index is 662. The van der Waals surface area contributed by atoms with Crippen LogP contribution in [0.2, 0.25) is 0 Å². The molecule has 0 aliphatic heterocycles. The molecular formula is C12H13N3O4S. The molecule has 2 amide bonds. The van der Waals surface area contributed by atoms with E-state index in [2.05, 4.69) is 5.32 Å². The fraction of sp³-hybridized carbons (Fsp3) is 0.250. The lowest BCUT2D eigenvalue weighted by atomic mass is 10.1. The van der Waals surface area contributed by atoms with Crippen molar-refractivity contribution >= 4 is 27.3 Å². The van der Waals surface area contributed by atoms with Crippen molar-refractivity contribution in [3.05, 3.63) is 29.8 Å². The molecule has 0 fully saturated rings. The number of benzene rings is 1. The van der Waals surface area contributed by atoms with E-state index in [0.29, 0.717) is 0 Å². The zero-order valence-corrected chi connectivity index (χ0v) is 11.3. The minimum atomic E-state index is -3.65. The zero-order chi connectivity index (χ0) is 15.2. The molecular weight excluding hydrogens is 282 g/mol. The summed E-state index contributed by atoms with van der Waals surface area (Å²) in [7, 11) is -3.65. The minimum Gasteiger partial charge on any atom is -0.366 e. The van der Waals surface area contributed by atoms with Gasteiger partial charge in [0.1, 0.15) is 5.75 Å². The van der Waals surface area contributed by atoms with Gasteiger partial charge in [0, 0.05) is 6.42 Å². The molecule has 1 rings (SSSR count). The fourth-order valence-corrected chi connectivity index (χ4v) is 2.48. The number of anilines is 1. The quantitative estimate of drug-likeness (QED) is 0.765. The van der Waals surface area contributed by atoms with E-state index in [1.54, 1.807) is 18.2 Å². The van der Waals surface area contributed by atoms with E-state index in [-0.39, 0.29) is 23.4 Å². The number of nitrogens with two attached hydrogens (primary N) is 1. The normalized spacial score (nSPS) is 10.6. The molecule has 7 nitrogen and oxygen atoms in total. The largest absolute Gasteiger partial charge is 0.366 e. The van der Waals surface area contributed by atoms with Gasteiger partial charge in [-0.25, -0.2) is 8.42 Å². The van der Waals surface area contributed by atoms with Gasteiger partial charge in [0.2, 0.25) is 5.91 Å². The van der Waals surface area contributed by atoms with E-state index < -0.39 is 27.4 Å². The lowest BCUT2D eigenvalue weighted by molar-refractivity contribution is -0.113. The molecule has 0 atom stereocenters. The first-order chi connectivity index (χ1) is 9.35. The molecule has 0 aliphatic rings. The number of carbonyl (C=O) groups is 2. The molecule has 0 bridgehead atoms. The second kappa shape index (κ2) is 6.68. The van der Waals surface area contributed by atoms with Gasteiger partial charge in [0.15, 0.2) is 9.84 Å². The Morgan fingerprint density at radius 1 is 1.30 bits per heavy atom. The van der Waals surface area contributed by atoms with E-state index in [1.807, 2.05) is 0 Å². The number of hydrogen-bond acceptors (Lipinski definition) is 5. The van der Waals surface area contributed by atoms with Gasteiger partial charge in [0.25, 0.3) is 5.91 Å². The molecule has 0 heterocycles. The molecule has 0 radical (unpaired) electrons. The lowest BCUT2D eigenvalue weighted by Crippen LogP contribution is -2.26. The molecule has 0 unspecified atom stereocenters. The van der Waals surface area contributed by atoms with Gasteiger partial charge < -0.3 is 11.1 Å². The van der Waals surface area contributed by atoms with E-state index >= 15 is 0 Å². The smallest absolute Gasteiger partial charge is 0.250 e. The third kappa shape index (κ3) is 4.70. The summed E-state index contributed by atoms with van der Waals surface area (Å²) in [6.07, 6.45) is -0.173. The number of rotatable bonds is 6. The van der Waals surface area contributed by atoms with Crippen LogP contribution in [0, 0.1) is 11.3 Å². The van der Waals surface area contributed by atoms with Crippen LogP contribution >= 0.6 is 0 Å². The number of amides is 2. The van der Waals surface area contributed by atoms with Crippen molar-refractivity contribution in [3.8, 4) is 6.07 Å². The predicted octanol–water partition coefficient (Wildman–Crippen LogP) is 0.0525. The van der Waals surface area contributed by atoms with Gasteiger partial charge in [0.05, 0.1) is 23.1 Å². The molecule has 20 heavy (non-hydrogen) atoms. The summed E-state index contributed by atoms with van der Waals surface area (Å²) < 4.78 is 23.0. The number of para-hydroxylation sites is 1.